The fourth-order valence-electron chi connectivity index (χ4n) is 1.67. The maximum absolute atomic E-state index is 5.72. The van der Waals surface area contributed by atoms with Gasteiger partial charge in [-0.05, 0) is 30.8 Å². The van der Waals surface area contributed by atoms with Crippen molar-refractivity contribution in [2.24, 2.45) is 7.05 Å². The summed E-state index contributed by atoms with van der Waals surface area (Å²) in [5, 5.41) is 9.79. The van der Waals surface area contributed by atoms with Crippen LogP contribution in [-0.4, -0.2) is 34.5 Å². The van der Waals surface area contributed by atoms with Crippen LogP contribution in [0.5, 0.6) is 0 Å². The lowest BCUT2D eigenvalue weighted by Crippen LogP contribution is -2.07. The van der Waals surface area contributed by atoms with Gasteiger partial charge in [0.1, 0.15) is 5.03 Å². The molecular formula is C11H12N8S. The third kappa shape index (κ3) is 2.48. The van der Waals surface area contributed by atoms with E-state index in [1.807, 2.05) is 20.0 Å². The zero-order valence-corrected chi connectivity index (χ0v) is 11.7. The Kier molecular flexibility index (Phi) is 3.11. The van der Waals surface area contributed by atoms with Gasteiger partial charge < -0.3 is 5.73 Å². The third-order valence-electron chi connectivity index (χ3n) is 2.48. The first-order valence-electron chi connectivity index (χ1n) is 5.82. The molecule has 0 aliphatic rings. The molecule has 3 aromatic rings. The van der Waals surface area contributed by atoms with E-state index < -0.39 is 0 Å². The van der Waals surface area contributed by atoms with E-state index in [0.29, 0.717) is 11.1 Å². The minimum Gasteiger partial charge on any atom is -0.368 e. The van der Waals surface area contributed by atoms with E-state index in [2.05, 4.69) is 25.1 Å². The molecule has 8 nitrogen and oxygen atoms in total. The molecule has 3 aromatic heterocycles. The number of nitrogen functional groups attached to an aromatic ring is 1. The molecule has 0 aromatic carbocycles. The summed E-state index contributed by atoms with van der Waals surface area (Å²) in [6.07, 6.45) is 3.40. The van der Waals surface area contributed by atoms with Crippen LogP contribution in [0.3, 0.4) is 0 Å². The highest BCUT2D eigenvalue weighted by atomic mass is 32.2. The van der Waals surface area contributed by atoms with Gasteiger partial charge in [-0.1, -0.05) is 0 Å². The highest BCUT2D eigenvalue weighted by Crippen LogP contribution is 2.25. The summed E-state index contributed by atoms with van der Waals surface area (Å²) in [5.41, 5.74) is 6.66. The number of hydrogen-bond acceptors (Lipinski definition) is 7. The van der Waals surface area contributed by atoms with Crippen LogP contribution in [0.15, 0.2) is 34.7 Å². The predicted octanol–water partition coefficient (Wildman–Crippen LogP) is 0.833. The largest absolute Gasteiger partial charge is 0.368 e. The van der Waals surface area contributed by atoms with Crippen molar-refractivity contribution < 1.29 is 0 Å². The van der Waals surface area contributed by atoms with Crippen molar-refractivity contribution in [1.29, 1.82) is 0 Å². The maximum Gasteiger partial charge on any atom is 0.256 e. The minimum atomic E-state index is 0.159. The summed E-state index contributed by atoms with van der Waals surface area (Å²) in [5.74, 6) is 0.552. The highest BCUT2D eigenvalue weighted by molar-refractivity contribution is 7.99. The number of anilines is 1. The number of nitrogens with zero attached hydrogens (tertiary/aromatic N) is 7. The molecule has 102 valence electrons. The molecule has 0 radical (unpaired) electrons. The minimum absolute atomic E-state index is 0.159. The molecule has 0 fully saturated rings. The zero-order chi connectivity index (χ0) is 14.1. The second-order valence-corrected chi connectivity index (χ2v) is 5.06. The van der Waals surface area contributed by atoms with Crippen molar-refractivity contribution in [3.63, 3.8) is 0 Å². The van der Waals surface area contributed by atoms with Crippen LogP contribution in [0.1, 0.15) is 5.69 Å². The van der Waals surface area contributed by atoms with Gasteiger partial charge in [-0.3, -0.25) is 4.68 Å². The van der Waals surface area contributed by atoms with Crippen LogP contribution in [-0.2, 0) is 7.05 Å². The standard InChI is InChI=1S/C11H12N8S/c1-7-6-8(18(2)17-7)20-11-15-9(12)14-10(16-11)19-5-3-4-13-19/h3-6H,1-2H3,(H2,12,14,15,16). The topological polar surface area (TPSA) is 100 Å². The van der Waals surface area contributed by atoms with Gasteiger partial charge in [0, 0.05) is 19.4 Å². The molecule has 3 heterocycles. The van der Waals surface area contributed by atoms with Crippen LogP contribution in [0.4, 0.5) is 5.95 Å². The fourth-order valence-corrected chi connectivity index (χ4v) is 2.53. The Morgan fingerprint density at radius 2 is 2.10 bits per heavy atom. The first-order valence-corrected chi connectivity index (χ1v) is 6.63. The second-order valence-electron chi connectivity index (χ2n) is 4.08. The lowest BCUT2D eigenvalue weighted by Gasteiger charge is -2.04. The van der Waals surface area contributed by atoms with E-state index >= 15 is 0 Å². The Morgan fingerprint density at radius 3 is 2.75 bits per heavy atom. The summed E-state index contributed by atoms with van der Waals surface area (Å²) >= 11 is 1.38. The highest BCUT2D eigenvalue weighted by Gasteiger charge is 2.11. The molecule has 0 spiro atoms. The predicted molar refractivity (Wildman–Crippen MR) is 73.4 cm³/mol. The Hall–Kier alpha value is -2.42. The molecule has 0 aliphatic carbocycles. The molecule has 0 saturated heterocycles. The Labute approximate surface area is 119 Å². The van der Waals surface area contributed by atoms with Crippen LogP contribution in [0.2, 0.25) is 0 Å². The van der Waals surface area contributed by atoms with Crippen molar-refractivity contribution in [3.05, 3.63) is 30.2 Å². The second kappa shape index (κ2) is 4.93. The molecule has 2 N–H and O–H groups in total. The average Bonchev–Trinajstić information content (AvgIpc) is 2.99. The monoisotopic (exact) mass is 288 g/mol. The molecule has 3 rings (SSSR count). The van der Waals surface area contributed by atoms with Gasteiger partial charge in [0.15, 0.2) is 0 Å². The quantitative estimate of drug-likeness (QED) is 0.761. The van der Waals surface area contributed by atoms with Crippen LogP contribution in [0, 0.1) is 6.92 Å². The average molecular weight is 288 g/mol. The maximum atomic E-state index is 5.72. The zero-order valence-electron chi connectivity index (χ0n) is 10.9. The number of hydrogen-bond donors (Lipinski definition) is 1. The molecule has 0 saturated carbocycles. The lowest BCUT2D eigenvalue weighted by molar-refractivity contribution is 0.690. The third-order valence-corrected chi connectivity index (χ3v) is 3.44. The van der Waals surface area contributed by atoms with E-state index in [1.165, 1.54) is 16.4 Å². The van der Waals surface area contributed by atoms with E-state index in [-0.39, 0.29) is 5.95 Å². The van der Waals surface area contributed by atoms with Crippen LogP contribution < -0.4 is 5.73 Å². The van der Waals surface area contributed by atoms with Gasteiger partial charge >= 0.3 is 0 Å². The molecule has 20 heavy (non-hydrogen) atoms. The van der Waals surface area contributed by atoms with Gasteiger partial charge in [-0.15, -0.1) is 0 Å². The van der Waals surface area contributed by atoms with Crippen LogP contribution >= 0.6 is 11.8 Å². The Balaban J connectivity index is 1.96. The van der Waals surface area contributed by atoms with Crippen LogP contribution in [0.25, 0.3) is 5.95 Å². The Bertz CT molecular complexity index is 733. The fraction of sp³-hybridized carbons (Fsp3) is 0.182. The van der Waals surface area contributed by atoms with Crippen molar-refractivity contribution in [1.82, 2.24) is 34.5 Å². The molecule has 0 amide bonds. The molecule has 0 unspecified atom stereocenters. The van der Waals surface area contributed by atoms with Gasteiger partial charge in [0.25, 0.3) is 5.95 Å². The van der Waals surface area contributed by atoms with Gasteiger partial charge in [0.2, 0.25) is 11.1 Å². The molecule has 0 aliphatic heterocycles. The smallest absolute Gasteiger partial charge is 0.256 e. The van der Waals surface area contributed by atoms with E-state index in [9.17, 15) is 0 Å². The van der Waals surface area contributed by atoms with Crippen molar-refractivity contribution in [3.8, 4) is 5.95 Å². The van der Waals surface area contributed by atoms with Gasteiger partial charge in [-0.2, -0.15) is 25.1 Å². The molecule has 9 heteroatoms. The van der Waals surface area contributed by atoms with Crippen molar-refractivity contribution >= 4 is 17.7 Å². The lowest BCUT2D eigenvalue weighted by atomic mass is 10.5. The molecule has 0 bridgehead atoms. The van der Waals surface area contributed by atoms with E-state index in [4.69, 9.17) is 5.73 Å². The summed E-state index contributed by atoms with van der Waals surface area (Å²) in [6, 6.07) is 3.75. The SMILES string of the molecule is Cc1cc(Sc2nc(N)nc(-n3cccn3)n2)n(C)n1. The number of aromatic nitrogens is 7. The normalized spacial score (nSPS) is 10.9. The summed E-state index contributed by atoms with van der Waals surface area (Å²) in [7, 11) is 1.87. The summed E-state index contributed by atoms with van der Waals surface area (Å²) < 4.78 is 3.31. The molecular weight excluding hydrogens is 276 g/mol. The summed E-state index contributed by atoms with van der Waals surface area (Å²) in [4.78, 5) is 12.5. The number of rotatable bonds is 3. The van der Waals surface area contributed by atoms with Gasteiger partial charge in [0.05, 0.1) is 5.69 Å². The van der Waals surface area contributed by atoms with Crippen molar-refractivity contribution in [2.75, 3.05) is 5.73 Å². The number of nitrogens with two attached hydrogens (primary N) is 1. The van der Waals surface area contributed by atoms with Crippen molar-refractivity contribution in [2.45, 2.75) is 17.1 Å². The first kappa shape index (κ1) is 12.6. The number of aryl methyl sites for hydroxylation is 2. The van der Waals surface area contributed by atoms with E-state index in [1.54, 1.807) is 23.1 Å². The Morgan fingerprint density at radius 1 is 1.25 bits per heavy atom. The summed E-state index contributed by atoms with van der Waals surface area (Å²) in [6.45, 7) is 1.93. The molecule has 0 atom stereocenters. The van der Waals surface area contributed by atoms with Gasteiger partial charge in [-0.25, -0.2) is 4.68 Å². The first-order chi connectivity index (χ1) is 9.61. The van der Waals surface area contributed by atoms with E-state index in [0.717, 1.165) is 10.7 Å².